The van der Waals surface area contributed by atoms with Gasteiger partial charge >= 0.3 is 6.36 Å². The Kier molecular flexibility index (Phi) is 5.95. The molecule has 6 nitrogen and oxygen atoms in total. The van der Waals surface area contributed by atoms with E-state index in [1.807, 2.05) is 0 Å². The summed E-state index contributed by atoms with van der Waals surface area (Å²) in [5.74, 6) is -3.65. The number of nitrogens with two attached hydrogens (primary N) is 1. The Hall–Kier alpha value is -3.89. The molecule has 1 amide bonds. The smallest absolute Gasteiger partial charge is 0.454 e. The number of carbonyl (C=O) groups is 1. The maximum atomic E-state index is 13.9. The van der Waals surface area contributed by atoms with Gasteiger partial charge in [-0.1, -0.05) is 0 Å². The highest BCUT2D eigenvalue weighted by Gasteiger charge is 2.31. The number of aryl methyl sites for hydroxylation is 1. The van der Waals surface area contributed by atoms with Crippen LogP contribution in [0.5, 0.6) is 17.2 Å². The molecule has 0 atom stereocenters. The molecule has 0 aliphatic heterocycles. The van der Waals surface area contributed by atoms with Crippen LogP contribution < -0.4 is 20.5 Å². The Labute approximate surface area is 172 Å². The Morgan fingerprint density at radius 2 is 1.68 bits per heavy atom. The van der Waals surface area contributed by atoms with E-state index in [-0.39, 0.29) is 22.7 Å². The number of aromatic nitrogens is 1. The Morgan fingerprint density at radius 1 is 1.03 bits per heavy atom. The fraction of sp³-hybridized carbons (Fsp3) is 0.100. The van der Waals surface area contributed by atoms with Gasteiger partial charge in [0.25, 0.3) is 5.91 Å². The van der Waals surface area contributed by atoms with Crippen molar-refractivity contribution in [2.75, 3.05) is 11.1 Å². The molecule has 0 bridgehead atoms. The van der Waals surface area contributed by atoms with Gasteiger partial charge in [-0.3, -0.25) is 4.79 Å². The third kappa shape index (κ3) is 5.59. The molecule has 0 saturated heterocycles. The van der Waals surface area contributed by atoms with Crippen LogP contribution in [-0.2, 0) is 0 Å². The lowest BCUT2D eigenvalue weighted by Crippen LogP contribution is -2.17. The average molecular weight is 439 g/mol. The number of ether oxygens (including phenoxy) is 2. The van der Waals surface area contributed by atoms with E-state index in [9.17, 15) is 26.7 Å². The first-order chi connectivity index (χ1) is 14.5. The van der Waals surface area contributed by atoms with Crippen LogP contribution in [0.4, 0.5) is 33.5 Å². The Morgan fingerprint density at radius 3 is 2.32 bits per heavy atom. The van der Waals surface area contributed by atoms with Crippen LogP contribution in [0, 0.1) is 18.7 Å². The predicted molar refractivity (Wildman–Crippen MR) is 101 cm³/mol. The monoisotopic (exact) mass is 439 g/mol. The molecular weight excluding hydrogens is 425 g/mol. The van der Waals surface area contributed by atoms with E-state index in [4.69, 9.17) is 10.5 Å². The fourth-order valence-corrected chi connectivity index (χ4v) is 2.48. The molecular formula is C20H14F5N3O3. The van der Waals surface area contributed by atoms with E-state index in [1.165, 1.54) is 37.3 Å². The first-order valence-corrected chi connectivity index (χ1v) is 8.59. The van der Waals surface area contributed by atoms with Crippen LogP contribution in [0.1, 0.15) is 15.9 Å². The van der Waals surface area contributed by atoms with Gasteiger partial charge in [0.1, 0.15) is 17.3 Å². The Balaban J connectivity index is 1.72. The predicted octanol–water partition coefficient (Wildman–Crippen LogP) is 5.19. The van der Waals surface area contributed by atoms with Gasteiger partial charge in [-0.15, -0.1) is 13.2 Å². The molecule has 0 radical (unpaired) electrons. The maximum absolute atomic E-state index is 13.9. The molecule has 0 spiro atoms. The minimum absolute atomic E-state index is 0.0252. The molecule has 31 heavy (non-hydrogen) atoms. The molecule has 2 aromatic carbocycles. The van der Waals surface area contributed by atoms with Crippen molar-refractivity contribution in [3.05, 3.63) is 71.4 Å². The van der Waals surface area contributed by atoms with E-state index in [0.29, 0.717) is 5.69 Å². The highest BCUT2D eigenvalue weighted by atomic mass is 19.4. The molecule has 3 N–H and O–H groups in total. The van der Waals surface area contributed by atoms with Crippen LogP contribution in [0.15, 0.2) is 48.5 Å². The van der Waals surface area contributed by atoms with Gasteiger partial charge in [0.05, 0.1) is 5.56 Å². The zero-order valence-corrected chi connectivity index (χ0v) is 15.8. The van der Waals surface area contributed by atoms with Gasteiger partial charge in [0, 0.05) is 17.3 Å². The average Bonchev–Trinajstić information content (AvgIpc) is 2.67. The summed E-state index contributed by atoms with van der Waals surface area (Å²) in [6.07, 6.45) is -4.93. The number of alkyl halides is 3. The van der Waals surface area contributed by atoms with Crippen molar-refractivity contribution in [1.82, 2.24) is 4.98 Å². The van der Waals surface area contributed by atoms with Crippen molar-refractivity contribution in [2.24, 2.45) is 0 Å². The molecule has 0 fully saturated rings. The minimum Gasteiger partial charge on any atom is -0.454 e. The lowest BCUT2D eigenvalue weighted by atomic mass is 10.1. The van der Waals surface area contributed by atoms with Crippen LogP contribution >= 0.6 is 0 Å². The number of amides is 1. The van der Waals surface area contributed by atoms with Crippen molar-refractivity contribution in [3.8, 4) is 17.2 Å². The number of hydrogen-bond donors (Lipinski definition) is 2. The number of hydrogen-bond acceptors (Lipinski definition) is 5. The maximum Gasteiger partial charge on any atom is 0.573 e. The number of halogens is 5. The number of nitrogens with zero attached hydrogens (tertiary/aromatic N) is 1. The van der Waals surface area contributed by atoms with Gasteiger partial charge < -0.3 is 20.5 Å². The van der Waals surface area contributed by atoms with E-state index in [2.05, 4.69) is 15.0 Å². The zero-order chi connectivity index (χ0) is 22.8. The van der Waals surface area contributed by atoms with Gasteiger partial charge in [-0.05, 0) is 49.4 Å². The Bertz CT molecular complexity index is 1120. The molecule has 11 heteroatoms. The quantitative estimate of drug-likeness (QED) is 0.422. The summed E-state index contributed by atoms with van der Waals surface area (Å²) in [5, 5.41) is 2.53. The largest absolute Gasteiger partial charge is 0.573 e. The standard InChI is InChI=1S/C20H14F5N3O3/c1-10-8-14(18(26)28-17(10)22)19(29)27-11-2-4-12(5-3-11)30-16-9-13(6-7-15(16)21)31-20(23,24)25/h2-9H,1H3,(H2,26,28)(H,27,29). The number of benzene rings is 2. The zero-order valence-electron chi connectivity index (χ0n) is 15.8. The van der Waals surface area contributed by atoms with Crippen LogP contribution in [0.25, 0.3) is 0 Å². The van der Waals surface area contributed by atoms with Gasteiger partial charge in [0.15, 0.2) is 11.6 Å². The third-order valence-corrected chi connectivity index (χ3v) is 3.90. The van der Waals surface area contributed by atoms with Crippen LogP contribution in [0.3, 0.4) is 0 Å². The topological polar surface area (TPSA) is 86.5 Å². The van der Waals surface area contributed by atoms with Crippen molar-refractivity contribution in [2.45, 2.75) is 13.3 Å². The molecule has 3 aromatic rings. The molecule has 1 aromatic heterocycles. The SMILES string of the molecule is Cc1cc(C(=O)Nc2ccc(Oc3cc(OC(F)(F)F)ccc3F)cc2)c(N)nc1F. The van der Waals surface area contributed by atoms with Crippen molar-refractivity contribution in [3.63, 3.8) is 0 Å². The first-order valence-electron chi connectivity index (χ1n) is 8.59. The van der Waals surface area contributed by atoms with Gasteiger partial charge in [0.2, 0.25) is 5.95 Å². The number of nitrogen functional groups attached to an aromatic ring is 1. The number of pyridine rings is 1. The molecule has 3 rings (SSSR count). The van der Waals surface area contributed by atoms with Crippen LogP contribution in [-0.4, -0.2) is 17.3 Å². The van der Waals surface area contributed by atoms with Crippen molar-refractivity contribution >= 4 is 17.4 Å². The first kappa shape index (κ1) is 21.8. The lowest BCUT2D eigenvalue weighted by molar-refractivity contribution is -0.274. The van der Waals surface area contributed by atoms with E-state index in [1.54, 1.807) is 0 Å². The summed E-state index contributed by atoms with van der Waals surface area (Å²) in [6, 6.07) is 9.10. The second-order valence-corrected chi connectivity index (χ2v) is 6.25. The second kappa shape index (κ2) is 8.46. The summed E-state index contributed by atoms with van der Waals surface area (Å²) < 4.78 is 73.2. The normalized spacial score (nSPS) is 11.2. The third-order valence-electron chi connectivity index (χ3n) is 3.90. The summed E-state index contributed by atoms with van der Waals surface area (Å²) in [7, 11) is 0. The lowest BCUT2D eigenvalue weighted by Gasteiger charge is -2.12. The highest BCUT2D eigenvalue weighted by molar-refractivity contribution is 6.07. The number of nitrogens with one attached hydrogen (secondary N) is 1. The van der Waals surface area contributed by atoms with Crippen LogP contribution in [0.2, 0.25) is 0 Å². The molecule has 1 heterocycles. The number of anilines is 2. The molecule has 162 valence electrons. The molecule has 0 aliphatic rings. The van der Waals surface area contributed by atoms with E-state index >= 15 is 0 Å². The van der Waals surface area contributed by atoms with E-state index in [0.717, 1.165) is 18.2 Å². The van der Waals surface area contributed by atoms with Crippen molar-refractivity contribution < 1.29 is 36.2 Å². The van der Waals surface area contributed by atoms with Gasteiger partial charge in [-0.2, -0.15) is 4.39 Å². The number of rotatable bonds is 5. The van der Waals surface area contributed by atoms with E-state index < -0.39 is 35.5 Å². The summed E-state index contributed by atoms with van der Waals surface area (Å²) in [4.78, 5) is 15.8. The fourth-order valence-electron chi connectivity index (χ4n) is 2.48. The summed E-state index contributed by atoms with van der Waals surface area (Å²) >= 11 is 0. The van der Waals surface area contributed by atoms with Crippen molar-refractivity contribution in [1.29, 1.82) is 0 Å². The molecule has 0 unspecified atom stereocenters. The highest BCUT2D eigenvalue weighted by Crippen LogP contribution is 2.31. The molecule has 0 aliphatic carbocycles. The minimum atomic E-state index is -4.93. The van der Waals surface area contributed by atoms with Gasteiger partial charge in [-0.25, -0.2) is 9.37 Å². The second-order valence-electron chi connectivity index (χ2n) is 6.25. The summed E-state index contributed by atoms with van der Waals surface area (Å²) in [5.41, 5.74) is 5.99. The number of carbonyl (C=O) groups excluding carboxylic acids is 1. The molecule has 0 saturated carbocycles. The summed E-state index contributed by atoms with van der Waals surface area (Å²) in [6.45, 7) is 1.43.